The van der Waals surface area contributed by atoms with Crippen LogP contribution in [0.25, 0.3) is 0 Å². The molecule has 5 heteroatoms. The SMILES string of the molecule is COc1nc(Cl)ccc1CCC(=O)N(C)C. The summed E-state index contributed by atoms with van der Waals surface area (Å²) in [5.41, 5.74) is 0.891. The third kappa shape index (κ3) is 3.38. The van der Waals surface area contributed by atoms with E-state index >= 15 is 0 Å². The maximum absolute atomic E-state index is 11.4. The molecule has 1 heterocycles. The standard InChI is InChI=1S/C11H15ClN2O2/c1-14(2)10(15)7-5-8-4-6-9(12)13-11(8)16-3/h4,6H,5,7H2,1-3H3. The topological polar surface area (TPSA) is 42.4 Å². The van der Waals surface area contributed by atoms with Crippen molar-refractivity contribution in [2.45, 2.75) is 12.8 Å². The number of pyridine rings is 1. The van der Waals surface area contributed by atoms with E-state index in [0.29, 0.717) is 23.9 Å². The van der Waals surface area contributed by atoms with Gasteiger partial charge in [0.25, 0.3) is 0 Å². The number of carbonyl (C=O) groups is 1. The fourth-order valence-corrected chi connectivity index (χ4v) is 1.42. The molecule has 0 aliphatic rings. The quantitative estimate of drug-likeness (QED) is 0.756. The zero-order chi connectivity index (χ0) is 12.1. The van der Waals surface area contributed by atoms with Gasteiger partial charge in [0.05, 0.1) is 7.11 Å². The molecule has 0 N–H and O–H groups in total. The highest BCUT2D eigenvalue weighted by atomic mass is 35.5. The normalized spacial score (nSPS) is 10.0. The van der Waals surface area contributed by atoms with Crippen molar-refractivity contribution in [3.8, 4) is 5.88 Å². The molecular formula is C11H15ClN2O2. The van der Waals surface area contributed by atoms with E-state index in [2.05, 4.69) is 4.98 Å². The molecule has 0 bridgehead atoms. The Balaban J connectivity index is 2.70. The molecule has 4 nitrogen and oxygen atoms in total. The van der Waals surface area contributed by atoms with Crippen LogP contribution in [0.15, 0.2) is 12.1 Å². The van der Waals surface area contributed by atoms with Gasteiger partial charge >= 0.3 is 0 Å². The molecule has 0 saturated heterocycles. The molecule has 0 spiro atoms. The maximum Gasteiger partial charge on any atom is 0.222 e. The highest BCUT2D eigenvalue weighted by Crippen LogP contribution is 2.19. The minimum absolute atomic E-state index is 0.0806. The fraction of sp³-hybridized carbons (Fsp3) is 0.455. The Morgan fingerprint density at radius 2 is 2.19 bits per heavy atom. The first-order chi connectivity index (χ1) is 7.54. The average Bonchev–Trinajstić information content (AvgIpc) is 2.26. The van der Waals surface area contributed by atoms with E-state index < -0.39 is 0 Å². The summed E-state index contributed by atoms with van der Waals surface area (Å²) in [4.78, 5) is 17.0. The Hall–Kier alpha value is -1.29. The molecule has 0 unspecified atom stereocenters. The van der Waals surface area contributed by atoms with Crippen molar-refractivity contribution in [1.82, 2.24) is 9.88 Å². The summed E-state index contributed by atoms with van der Waals surface area (Å²) < 4.78 is 5.10. The molecule has 1 aromatic heterocycles. The smallest absolute Gasteiger partial charge is 0.222 e. The predicted molar refractivity (Wildman–Crippen MR) is 62.8 cm³/mol. The largest absolute Gasteiger partial charge is 0.481 e. The average molecular weight is 243 g/mol. The van der Waals surface area contributed by atoms with Crippen LogP contribution in [0.5, 0.6) is 5.88 Å². The number of methoxy groups -OCH3 is 1. The highest BCUT2D eigenvalue weighted by molar-refractivity contribution is 6.29. The van der Waals surface area contributed by atoms with E-state index in [1.54, 1.807) is 25.1 Å². The molecule has 1 aromatic rings. The van der Waals surface area contributed by atoms with Crippen LogP contribution in [0.2, 0.25) is 5.15 Å². The van der Waals surface area contributed by atoms with Crippen LogP contribution in [0.1, 0.15) is 12.0 Å². The second-order valence-electron chi connectivity index (χ2n) is 3.59. The number of aryl methyl sites for hydroxylation is 1. The molecule has 0 saturated carbocycles. The van der Waals surface area contributed by atoms with E-state index in [0.717, 1.165) is 5.56 Å². The number of halogens is 1. The van der Waals surface area contributed by atoms with Gasteiger partial charge in [-0.05, 0) is 12.5 Å². The number of hydrogen-bond acceptors (Lipinski definition) is 3. The summed E-state index contributed by atoms with van der Waals surface area (Å²) >= 11 is 5.74. The van der Waals surface area contributed by atoms with Crippen molar-refractivity contribution >= 4 is 17.5 Å². The first kappa shape index (κ1) is 12.8. The number of rotatable bonds is 4. The summed E-state index contributed by atoms with van der Waals surface area (Å²) in [6, 6.07) is 3.52. The number of aromatic nitrogens is 1. The molecule has 0 aromatic carbocycles. The van der Waals surface area contributed by atoms with E-state index in [-0.39, 0.29) is 5.91 Å². The number of amides is 1. The van der Waals surface area contributed by atoms with Gasteiger partial charge in [-0.1, -0.05) is 17.7 Å². The maximum atomic E-state index is 11.4. The van der Waals surface area contributed by atoms with Gasteiger partial charge in [-0.2, -0.15) is 0 Å². The van der Waals surface area contributed by atoms with Gasteiger partial charge in [-0.25, -0.2) is 4.98 Å². The molecular weight excluding hydrogens is 228 g/mol. The zero-order valence-electron chi connectivity index (χ0n) is 9.66. The number of hydrogen-bond donors (Lipinski definition) is 0. The molecule has 88 valence electrons. The lowest BCUT2D eigenvalue weighted by atomic mass is 10.1. The van der Waals surface area contributed by atoms with Crippen molar-refractivity contribution in [1.29, 1.82) is 0 Å². The molecule has 0 atom stereocenters. The van der Waals surface area contributed by atoms with Gasteiger partial charge in [0.2, 0.25) is 11.8 Å². The van der Waals surface area contributed by atoms with Gasteiger partial charge in [-0.3, -0.25) is 4.79 Å². The lowest BCUT2D eigenvalue weighted by molar-refractivity contribution is -0.128. The molecule has 0 radical (unpaired) electrons. The van der Waals surface area contributed by atoms with Crippen LogP contribution in [0.3, 0.4) is 0 Å². The minimum Gasteiger partial charge on any atom is -0.481 e. The first-order valence-corrected chi connectivity index (χ1v) is 5.32. The van der Waals surface area contributed by atoms with E-state index in [1.165, 1.54) is 7.11 Å². The summed E-state index contributed by atoms with van der Waals surface area (Å²) in [6.45, 7) is 0. The van der Waals surface area contributed by atoms with E-state index in [1.807, 2.05) is 6.07 Å². The Bertz CT molecular complexity index is 380. The first-order valence-electron chi connectivity index (χ1n) is 4.94. The van der Waals surface area contributed by atoms with Gasteiger partial charge in [0.1, 0.15) is 5.15 Å². The third-order valence-electron chi connectivity index (χ3n) is 2.21. The van der Waals surface area contributed by atoms with Gasteiger partial charge < -0.3 is 9.64 Å². The van der Waals surface area contributed by atoms with E-state index in [4.69, 9.17) is 16.3 Å². The van der Waals surface area contributed by atoms with Crippen molar-refractivity contribution < 1.29 is 9.53 Å². The van der Waals surface area contributed by atoms with Crippen LogP contribution >= 0.6 is 11.6 Å². The van der Waals surface area contributed by atoms with E-state index in [9.17, 15) is 4.79 Å². The van der Waals surface area contributed by atoms with Crippen LogP contribution in [0, 0.1) is 0 Å². The molecule has 1 rings (SSSR count). The molecule has 0 aliphatic heterocycles. The van der Waals surface area contributed by atoms with Gasteiger partial charge in [0, 0.05) is 26.1 Å². The Kier molecular flexibility index (Phi) is 4.55. The lowest BCUT2D eigenvalue weighted by Crippen LogP contribution is -2.21. The lowest BCUT2D eigenvalue weighted by Gasteiger charge is -2.11. The van der Waals surface area contributed by atoms with Crippen molar-refractivity contribution in [2.75, 3.05) is 21.2 Å². The Labute approximate surface area is 100 Å². The van der Waals surface area contributed by atoms with Gasteiger partial charge in [0.15, 0.2) is 0 Å². The second-order valence-corrected chi connectivity index (χ2v) is 3.98. The number of carbonyl (C=O) groups excluding carboxylic acids is 1. The Morgan fingerprint density at radius 1 is 1.50 bits per heavy atom. The van der Waals surface area contributed by atoms with Crippen molar-refractivity contribution in [3.05, 3.63) is 22.8 Å². The Morgan fingerprint density at radius 3 is 2.75 bits per heavy atom. The molecule has 0 fully saturated rings. The summed E-state index contributed by atoms with van der Waals surface area (Å²) in [5.74, 6) is 0.566. The molecule has 1 amide bonds. The number of nitrogens with zero attached hydrogens (tertiary/aromatic N) is 2. The predicted octanol–water partition coefficient (Wildman–Crippen LogP) is 1.76. The van der Waals surface area contributed by atoms with Gasteiger partial charge in [-0.15, -0.1) is 0 Å². The second kappa shape index (κ2) is 5.70. The monoisotopic (exact) mass is 242 g/mol. The van der Waals surface area contributed by atoms with Crippen molar-refractivity contribution in [3.63, 3.8) is 0 Å². The highest BCUT2D eigenvalue weighted by Gasteiger charge is 2.09. The van der Waals surface area contributed by atoms with Crippen LogP contribution in [-0.4, -0.2) is 37.0 Å². The van der Waals surface area contributed by atoms with Crippen molar-refractivity contribution in [2.24, 2.45) is 0 Å². The minimum atomic E-state index is 0.0806. The summed E-state index contributed by atoms with van der Waals surface area (Å²) in [7, 11) is 5.01. The molecule has 16 heavy (non-hydrogen) atoms. The van der Waals surface area contributed by atoms with Crippen LogP contribution in [0.4, 0.5) is 0 Å². The summed E-state index contributed by atoms with van der Waals surface area (Å²) in [5, 5.41) is 0.388. The fourth-order valence-electron chi connectivity index (χ4n) is 1.28. The number of ether oxygens (including phenoxy) is 1. The van der Waals surface area contributed by atoms with Crippen LogP contribution < -0.4 is 4.74 Å². The third-order valence-corrected chi connectivity index (χ3v) is 2.42. The summed E-state index contributed by atoms with van der Waals surface area (Å²) in [6.07, 6.45) is 1.04. The zero-order valence-corrected chi connectivity index (χ0v) is 10.4. The van der Waals surface area contributed by atoms with Crippen LogP contribution in [-0.2, 0) is 11.2 Å². The molecule has 0 aliphatic carbocycles.